The maximum Gasteiger partial charge on any atom is 0.0390 e. The van der Waals surface area contributed by atoms with Gasteiger partial charge in [-0.15, -0.1) is 0 Å². The van der Waals surface area contributed by atoms with Gasteiger partial charge in [0.1, 0.15) is 0 Å². The Morgan fingerprint density at radius 3 is 1.80 bits per heavy atom. The minimum atomic E-state index is 0.355. The molecule has 8 aromatic rings. The molecule has 9 rings (SSSR count). The normalized spacial score (nSPS) is 13.7. The first kappa shape index (κ1) is 33.9. The quantitative estimate of drug-likeness (QED) is 0.148. The van der Waals surface area contributed by atoms with E-state index in [1.807, 2.05) is 6.07 Å². The second-order valence-corrected chi connectivity index (χ2v) is 14.3. The third-order valence-corrected chi connectivity index (χ3v) is 10.6. The van der Waals surface area contributed by atoms with Crippen molar-refractivity contribution >= 4 is 33.4 Å². The minimum absolute atomic E-state index is 0.355. The number of allylic oxidation sites excluding steroid dienone is 3. The van der Waals surface area contributed by atoms with Crippen LogP contribution in [-0.4, -0.2) is 6.54 Å². The molecule has 8 aromatic carbocycles. The molecular weight excluding hydrogens is 665 g/mol. The fourth-order valence-corrected chi connectivity index (χ4v) is 7.75. The summed E-state index contributed by atoms with van der Waals surface area (Å²) in [4.78, 5) is 0. The molecular formula is C53H42N2. The Morgan fingerprint density at radius 1 is 0.418 bits per heavy atom. The number of fused-ring (bicyclic) bond motifs is 1. The van der Waals surface area contributed by atoms with Crippen molar-refractivity contribution in [3.05, 3.63) is 218 Å². The number of hydrogen-bond donors (Lipinski definition) is 2. The lowest BCUT2D eigenvalue weighted by Crippen LogP contribution is -2.14. The Bertz CT molecular complexity index is 2650. The van der Waals surface area contributed by atoms with E-state index in [2.05, 4.69) is 217 Å². The molecule has 1 aliphatic carbocycles. The van der Waals surface area contributed by atoms with Gasteiger partial charge in [-0.05, 0) is 133 Å². The number of nitrogens with one attached hydrogen (secondary N) is 2. The lowest BCUT2D eigenvalue weighted by atomic mass is 9.88. The van der Waals surface area contributed by atoms with E-state index in [0.717, 1.165) is 30.0 Å². The van der Waals surface area contributed by atoms with E-state index in [-0.39, 0.29) is 0 Å². The Balaban J connectivity index is 0.969. The van der Waals surface area contributed by atoms with Gasteiger partial charge >= 0.3 is 0 Å². The summed E-state index contributed by atoms with van der Waals surface area (Å²) >= 11 is 0. The van der Waals surface area contributed by atoms with Crippen molar-refractivity contribution in [1.82, 2.24) is 0 Å². The smallest absolute Gasteiger partial charge is 0.0390 e. The van der Waals surface area contributed by atoms with Crippen LogP contribution in [0.15, 0.2) is 212 Å². The SMILES string of the molecule is C1=CC(CNc2cc(-c3cccc(-c4ccccc4)c3)cc(-c3cccc4ccccc34)c2)CC(c2cccc(-c3cccc(Nc4ccccc4)c3)c2)=C1. The molecule has 1 atom stereocenters. The molecule has 2 N–H and O–H groups in total. The first-order valence-electron chi connectivity index (χ1n) is 19.2. The summed E-state index contributed by atoms with van der Waals surface area (Å²) in [5.41, 5.74) is 15.6. The molecule has 0 amide bonds. The Morgan fingerprint density at radius 2 is 0.964 bits per heavy atom. The zero-order chi connectivity index (χ0) is 36.8. The van der Waals surface area contributed by atoms with Gasteiger partial charge < -0.3 is 10.6 Å². The summed E-state index contributed by atoms with van der Waals surface area (Å²) in [6, 6.07) is 69.8. The Hall–Kier alpha value is -6.90. The number of benzene rings is 8. The average Bonchev–Trinajstić information content (AvgIpc) is 3.26. The number of hydrogen-bond acceptors (Lipinski definition) is 2. The molecule has 0 aromatic heterocycles. The van der Waals surface area contributed by atoms with Crippen molar-refractivity contribution in [2.75, 3.05) is 17.2 Å². The minimum Gasteiger partial charge on any atom is -0.384 e. The van der Waals surface area contributed by atoms with Gasteiger partial charge in [0.15, 0.2) is 0 Å². The highest BCUT2D eigenvalue weighted by Gasteiger charge is 2.16. The monoisotopic (exact) mass is 706 g/mol. The topological polar surface area (TPSA) is 24.1 Å². The summed E-state index contributed by atoms with van der Waals surface area (Å²) < 4.78 is 0. The van der Waals surface area contributed by atoms with Crippen LogP contribution in [0.5, 0.6) is 0 Å². The molecule has 2 heteroatoms. The fourth-order valence-electron chi connectivity index (χ4n) is 7.75. The van der Waals surface area contributed by atoms with Crippen LogP contribution < -0.4 is 10.6 Å². The molecule has 0 saturated heterocycles. The summed E-state index contributed by atoms with van der Waals surface area (Å²) in [5, 5.41) is 9.93. The standard InChI is InChI=1S/C53H42N2/c1-3-15-39(16-4-1)42-20-10-23-45(31-42)47-33-48(53-29-13-18-40-17-7-8-28-52(40)53)36-51(35-47)54-37-38-14-9-19-41(30-38)43-21-11-22-44(32-43)46-24-12-27-50(34-46)55-49-25-5-2-6-26-49/h1-29,31-36,38,54-55H,30,37H2. The number of anilines is 3. The van der Waals surface area contributed by atoms with Gasteiger partial charge in [-0.25, -0.2) is 0 Å². The summed E-state index contributed by atoms with van der Waals surface area (Å²) in [6.07, 6.45) is 7.83. The van der Waals surface area contributed by atoms with Crippen LogP contribution in [0.1, 0.15) is 12.0 Å². The Kier molecular flexibility index (Phi) is 9.62. The van der Waals surface area contributed by atoms with Crippen LogP contribution in [0.3, 0.4) is 0 Å². The van der Waals surface area contributed by atoms with Gasteiger partial charge in [0.25, 0.3) is 0 Å². The molecule has 2 nitrogen and oxygen atoms in total. The maximum absolute atomic E-state index is 3.88. The van der Waals surface area contributed by atoms with Gasteiger partial charge in [-0.2, -0.15) is 0 Å². The summed E-state index contributed by atoms with van der Waals surface area (Å²) in [5.74, 6) is 0.355. The van der Waals surface area contributed by atoms with E-state index in [4.69, 9.17) is 0 Å². The third kappa shape index (κ3) is 7.76. The van der Waals surface area contributed by atoms with Gasteiger partial charge in [0.2, 0.25) is 0 Å². The van der Waals surface area contributed by atoms with E-state index < -0.39 is 0 Å². The van der Waals surface area contributed by atoms with E-state index in [1.165, 1.54) is 66.4 Å². The molecule has 0 fully saturated rings. The van der Waals surface area contributed by atoms with Gasteiger partial charge in [0.05, 0.1) is 0 Å². The second kappa shape index (κ2) is 15.6. The summed E-state index contributed by atoms with van der Waals surface area (Å²) in [7, 11) is 0. The molecule has 0 radical (unpaired) electrons. The largest absolute Gasteiger partial charge is 0.384 e. The van der Waals surface area contributed by atoms with Crippen LogP contribution in [0, 0.1) is 5.92 Å². The van der Waals surface area contributed by atoms with E-state index in [1.54, 1.807) is 0 Å². The summed E-state index contributed by atoms with van der Waals surface area (Å²) in [6.45, 7) is 0.837. The lowest BCUT2D eigenvalue weighted by Gasteiger charge is -2.21. The third-order valence-electron chi connectivity index (χ3n) is 10.6. The van der Waals surface area contributed by atoms with Crippen molar-refractivity contribution in [2.24, 2.45) is 5.92 Å². The first-order chi connectivity index (χ1) is 27.2. The molecule has 55 heavy (non-hydrogen) atoms. The van der Waals surface area contributed by atoms with Crippen molar-refractivity contribution < 1.29 is 0 Å². The van der Waals surface area contributed by atoms with Gasteiger partial charge in [-0.1, -0.05) is 158 Å². The van der Waals surface area contributed by atoms with Crippen LogP contribution in [0.25, 0.3) is 60.9 Å². The van der Waals surface area contributed by atoms with Crippen LogP contribution in [-0.2, 0) is 0 Å². The number of para-hydroxylation sites is 1. The fraction of sp³-hybridized carbons (Fsp3) is 0.0566. The highest BCUT2D eigenvalue weighted by molar-refractivity contribution is 5.98. The predicted octanol–water partition coefficient (Wildman–Crippen LogP) is 14.3. The zero-order valence-corrected chi connectivity index (χ0v) is 30.7. The highest BCUT2D eigenvalue weighted by Crippen LogP contribution is 2.37. The molecule has 0 aliphatic heterocycles. The van der Waals surface area contributed by atoms with E-state index in [0.29, 0.717) is 5.92 Å². The zero-order valence-electron chi connectivity index (χ0n) is 30.7. The molecule has 0 spiro atoms. The molecule has 0 bridgehead atoms. The predicted molar refractivity (Wildman–Crippen MR) is 236 cm³/mol. The van der Waals surface area contributed by atoms with E-state index >= 15 is 0 Å². The van der Waals surface area contributed by atoms with Gasteiger partial charge in [-0.3, -0.25) is 0 Å². The maximum atomic E-state index is 3.88. The van der Waals surface area contributed by atoms with Crippen molar-refractivity contribution in [3.63, 3.8) is 0 Å². The molecule has 264 valence electrons. The van der Waals surface area contributed by atoms with Crippen LogP contribution in [0.4, 0.5) is 17.1 Å². The molecule has 0 saturated carbocycles. The lowest BCUT2D eigenvalue weighted by molar-refractivity contribution is 0.703. The van der Waals surface area contributed by atoms with Gasteiger partial charge in [0, 0.05) is 23.6 Å². The van der Waals surface area contributed by atoms with Crippen molar-refractivity contribution in [2.45, 2.75) is 6.42 Å². The molecule has 0 heterocycles. The second-order valence-electron chi connectivity index (χ2n) is 14.3. The number of rotatable bonds is 10. The van der Waals surface area contributed by atoms with Crippen LogP contribution in [0.2, 0.25) is 0 Å². The van der Waals surface area contributed by atoms with Crippen molar-refractivity contribution in [1.29, 1.82) is 0 Å². The average molecular weight is 707 g/mol. The van der Waals surface area contributed by atoms with Crippen LogP contribution >= 0.6 is 0 Å². The Labute approximate surface area is 324 Å². The molecule has 1 unspecified atom stereocenters. The molecule has 1 aliphatic rings. The van der Waals surface area contributed by atoms with Crippen molar-refractivity contribution in [3.8, 4) is 44.5 Å². The van der Waals surface area contributed by atoms with E-state index in [9.17, 15) is 0 Å². The first-order valence-corrected chi connectivity index (χ1v) is 19.2. The highest BCUT2D eigenvalue weighted by atomic mass is 14.9.